The number of aromatic nitrogens is 1. The normalized spacial score (nSPS) is 24.6. The lowest BCUT2D eigenvalue weighted by Crippen LogP contribution is -2.30. The molecule has 0 aromatic carbocycles. The molecule has 1 aliphatic carbocycles. The van der Waals surface area contributed by atoms with Crippen molar-refractivity contribution in [2.75, 3.05) is 18.2 Å². The van der Waals surface area contributed by atoms with Crippen LogP contribution in [0.4, 0.5) is 11.5 Å². The highest BCUT2D eigenvalue weighted by atomic mass is 35.5. The molecule has 88 valence electrons. The summed E-state index contributed by atoms with van der Waals surface area (Å²) in [7, 11) is 1.74. The van der Waals surface area contributed by atoms with Gasteiger partial charge in [-0.2, -0.15) is 0 Å². The summed E-state index contributed by atoms with van der Waals surface area (Å²) in [5.74, 6) is 0.654. The lowest BCUT2D eigenvalue weighted by molar-refractivity contribution is 0.101. The predicted octanol–water partition coefficient (Wildman–Crippen LogP) is 2.30. The number of nitrogens with two attached hydrogens (primary N) is 1. The Morgan fingerprint density at radius 3 is 3.06 bits per heavy atom. The number of anilines is 2. The van der Waals surface area contributed by atoms with Crippen LogP contribution in [-0.4, -0.2) is 24.2 Å². The zero-order chi connectivity index (χ0) is 11.5. The number of halogens is 1. The van der Waals surface area contributed by atoms with Gasteiger partial charge in [-0.1, -0.05) is 11.6 Å². The van der Waals surface area contributed by atoms with Gasteiger partial charge in [-0.3, -0.25) is 0 Å². The van der Waals surface area contributed by atoms with Crippen LogP contribution in [0.15, 0.2) is 12.1 Å². The van der Waals surface area contributed by atoms with Crippen molar-refractivity contribution in [3.8, 4) is 0 Å². The molecule has 1 aliphatic rings. The largest absolute Gasteiger partial charge is 0.396 e. The number of nitrogens with zero attached hydrogens (tertiary/aromatic N) is 1. The maximum atomic E-state index is 5.83. The van der Waals surface area contributed by atoms with Crippen molar-refractivity contribution in [2.24, 2.45) is 0 Å². The van der Waals surface area contributed by atoms with E-state index in [9.17, 15) is 0 Å². The van der Waals surface area contributed by atoms with Crippen molar-refractivity contribution < 1.29 is 4.74 Å². The van der Waals surface area contributed by atoms with Crippen molar-refractivity contribution in [1.29, 1.82) is 0 Å². The summed E-state index contributed by atoms with van der Waals surface area (Å²) >= 11 is 5.83. The number of nitrogen functional groups attached to an aromatic ring is 1. The molecule has 4 nitrogen and oxygen atoms in total. The average Bonchev–Trinajstić information content (AvgIpc) is 2.71. The fraction of sp³-hybridized carbons (Fsp3) is 0.545. The van der Waals surface area contributed by atoms with Crippen LogP contribution >= 0.6 is 11.6 Å². The van der Waals surface area contributed by atoms with E-state index in [0.717, 1.165) is 19.3 Å². The second-order valence-electron chi connectivity index (χ2n) is 4.03. The number of nitrogens with one attached hydrogen (secondary N) is 1. The van der Waals surface area contributed by atoms with Gasteiger partial charge in [0.2, 0.25) is 0 Å². The molecule has 1 heterocycles. The molecule has 0 aliphatic heterocycles. The van der Waals surface area contributed by atoms with Crippen molar-refractivity contribution in [3.05, 3.63) is 17.3 Å². The highest BCUT2D eigenvalue weighted by Gasteiger charge is 2.27. The number of rotatable bonds is 3. The Morgan fingerprint density at radius 1 is 1.50 bits per heavy atom. The van der Waals surface area contributed by atoms with Crippen LogP contribution in [0.5, 0.6) is 0 Å². The van der Waals surface area contributed by atoms with Gasteiger partial charge in [-0.25, -0.2) is 4.98 Å². The first-order valence-corrected chi connectivity index (χ1v) is 5.80. The average molecular weight is 242 g/mol. The molecule has 2 unspecified atom stereocenters. The predicted molar refractivity (Wildman–Crippen MR) is 65.7 cm³/mol. The first-order chi connectivity index (χ1) is 7.70. The summed E-state index contributed by atoms with van der Waals surface area (Å²) in [5, 5.41) is 3.75. The molecular weight excluding hydrogens is 226 g/mol. The molecular formula is C11H16ClN3O. The molecule has 5 heteroatoms. The maximum absolute atomic E-state index is 5.83. The van der Waals surface area contributed by atoms with Gasteiger partial charge in [0.1, 0.15) is 5.15 Å². The van der Waals surface area contributed by atoms with Crippen molar-refractivity contribution in [2.45, 2.75) is 31.4 Å². The fourth-order valence-corrected chi connectivity index (χ4v) is 2.26. The fourth-order valence-electron chi connectivity index (χ4n) is 2.11. The minimum atomic E-state index is 0.236. The molecule has 1 aromatic rings. The van der Waals surface area contributed by atoms with E-state index in [1.807, 2.05) is 0 Å². The van der Waals surface area contributed by atoms with Crippen LogP contribution < -0.4 is 11.1 Å². The smallest absolute Gasteiger partial charge is 0.151 e. The van der Waals surface area contributed by atoms with E-state index in [1.165, 1.54) is 0 Å². The van der Waals surface area contributed by atoms with Gasteiger partial charge < -0.3 is 15.8 Å². The van der Waals surface area contributed by atoms with Crippen molar-refractivity contribution >= 4 is 23.1 Å². The summed E-state index contributed by atoms with van der Waals surface area (Å²) in [6, 6.07) is 3.72. The second-order valence-corrected chi connectivity index (χ2v) is 4.41. The van der Waals surface area contributed by atoms with Crippen LogP contribution in [0.2, 0.25) is 5.15 Å². The van der Waals surface area contributed by atoms with Crippen molar-refractivity contribution in [3.63, 3.8) is 0 Å². The minimum Gasteiger partial charge on any atom is -0.396 e. The molecule has 0 radical (unpaired) electrons. The van der Waals surface area contributed by atoms with Gasteiger partial charge in [0, 0.05) is 7.11 Å². The lowest BCUT2D eigenvalue weighted by Gasteiger charge is -2.21. The quantitative estimate of drug-likeness (QED) is 0.798. The van der Waals surface area contributed by atoms with Gasteiger partial charge in [-0.05, 0) is 31.4 Å². The maximum Gasteiger partial charge on any atom is 0.151 e. The molecule has 0 saturated heterocycles. The summed E-state index contributed by atoms with van der Waals surface area (Å²) in [4.78, 5) is 4.18. The zero-order valence-corrected chi connectivity index (χ0v) is 10.00. The van der Waals surface area contributed by atoms with Crippen LogP contribution in [-0.2, 0) is 4.74 Å². The molecule has 0 bridgehead atoms. The van der Waals surface area contributed by atoms with Crippen LogP contribution in [0.3, 0.4) is 0 Å². The summed E-state index contributed by atoms with van der Waals surface area (Å²) < 4.78 is 5.40. The van der Waals surface area contributed by atoms with E-state index in [0.29, 0.717) is 16.7 Å². The summed E-state index contributed by atoms with van der Waals surface area (Å²) in [5.41, 5.74) is 6.45. The summed E-state index contributed by atoms with van der Waals surface area (Å²) in [6.45, 7) is 0. The molecule has 2 rings (SSSR count). The number of methoxy groups -OCH3 is 1. The van der Waals surface area contributed by atoms with Crippen LogP contribution in [0, 0.1) is 0 Å². The molecule has 3 N–H and O–H groups in total. The van der Waals surface area contributed by atoms with E-state index in [4.69, 9.17) is 22.1 Å². The molecule has 0 amide bonds. The van der Waals surface area contributed by atoms with Gasteiger partial charge in [-0.15, -0.1) is 0 Å². The number of ether oxygens (including phenoxy) is 1. The zero-order valence-electron chi connectivity index (χ0n) is 9.24. The Labute approximate surface area is 100 Å². The molecule has 1 fully saturated rings. The van der Waals surface area contributed by atoms with Crippen molar-refractivity contribution in [1.82, 2.24) is 4.98 Å². The molecule has 1 saturated carbocycles. The first-order valence-electron chi connectivity index (χ1n) is 5.42. The Kier molecular flexibility index (Phi) is 3.51. The Morgan fingerprint density at radius 2 is 2.31 bits per heavy atom. The highest BCUT2D eigenvalue weighted by molar-refractivity contribution is 6.29. The van der Waals surface area contributed by atoms with E-state index in [2.05, 4.69) is 10.3 Å². The highest BCUT2D eigenvalue weighted by Crippen LogP contribution is 2.27. The van der Waals surface area contributed by atoms with Gasteiger partial charge in [0.15, 0.2) is 5.82 Å². The standard InChI is InChI=1S/C11H16ClN3O/c1-16-9-4-2-3-8(9)14-11-7(13)5-6-10(12)15-11/h5-6,8-9H,2-4,13H2,1H3,(H,14,15). The SMILES string of the molecule is COC1CCCC1Nc1nc(Cl)ccc1N. The third kappa shape index (κ3) is 2.39. The monoisotopic (exact) mass is 241 g/mol. The van der Waals surface area contributed by atoms with E-state index < -0.39 is 0 Å². The third-order valence-corrected chi connectivity index (χ3v) is 3.18. The van der Waals surface area contributed by atoms with Gasteiger partial charge in [0.25, 0.3) is 0 Å². The Hall–Kier alpha value is -1.00. The minimum absolute atomic E-state index is 0.236. The molecule has 2 atom stereocenters. The molecule has 16 heavy (non-hydrogen) atoms. The lowest BCUT2D eigenvalue weighted by atomic mass is 10.2. The van der Waals surface area contributed by atoms with E-state index >= 15 is 0 Å². The topological polar surface area (TPSA) is 60.2 Å². The first kappa shape index (κ1) is 11.5. The van der Waals surface area contributed by atoms with Gasteiger partial charge >= 0.3 is 0 Å². The second kappa shape index (κ2) is 4.89. The third-order valence-electron chi connectivity index (χ3n) is 2.97. The van der Waals surface area contributed by atoms with Crippen LogP contribution in [0.25, 0.3) is 0 Å². The Balaban J connectivity index is 2.11. The molecule has 1 aromatic heterocycles. The van der Waals surface area contributed by atoms with Gasteiger partial charge in [0.05, 0.1) is 17.8 Å². The number of hydrogen-bond acceptors (Lipinski definition) is 4. The Bertz CT molecular complexity index is 372. The van der Waals surface area contributed by atoms with Crippen LogP contribution in [0.1, 0.15) is 19.3 Å². The van der Waals surface area contributed by atoms with E-state index in [1.54, 1.807) is 19.2 Å². The summed E-state index contributed by atoms with van der Waals surface area (Å²) in [6.07, 6.45) is 3.55. The van der Waals surface area contributed by atoms with E-state index in [-0.39, 0.29) is 12.1 Å². The number of pyridine rings is 1. The molecule has 0 spiro atoms. The number of hydrogen-bond donors (Lipinski definition) is 2.